The predicted molar refractivity (Wildman–Crippen MR) is 73.0 cm³/mol. The number of methoxy groups -OCH3 is 1. The van der Waals surface area contributed by atoms with Gasteiger partial charge in [0.15, 0.2) is 11.5 Å². The summed E-state index contributed by atoms with van der Waals surface area (Å²) < 4.78 is 9.57. The first kappa shape index (κ1) is 15.0. The van der Waals surface area contributed by atoms with Gasteiger partial charge in [0.25, 0.3) is 5.91 Å². The van der Waals surface area contributed by atoms with Crippen molar-refractivity contribution in [1.82, 2.24) is 0 Å². The zero-order chi connectivity index (χ0) is 16.3. The third-order valence-corrected chi connectivity index (χ3v) is 2.63. The number of benzene rings is 1. The minimum absolute atomic E-state index is 0.0386. The first-order chi connectivity index (χ1) is 10.4. The number of carbonyl (C=O) groups excluding carboxylic acids is 1. The molecule has 0 aliphatic rings. The summed E-state index contributed by atoms with van der Waals surface area (Å²) in [5.74, 6) is -1.60. The topological polar surface area (TPSA) is 138 Å². The summed E-state index contributed by atoms with van der Waals surface area (Å²) in [6.45, 7) is 0. The standard InChI is InChI=1S/C12H9N3O7/c1-21-9-3-2-7(6-8(9)14(17)18)13-12(16)10-4-5-11(22-10)15(19)20/h2-6H,1H3,(H,13,16). The number of furan rings is 1. The van der Waals surface area contributed by atoms with Crippen LogP contribution < -0.4 is 10.1 Å². The number of hydrogen-bond acceptors (Lipinski definition) is 7. The summed E-state index contributed by atoms with van der Waals surface area (Å²) in [5, 5.41) is 23.7. The van der Waals surface area contributed by atoms with Crippen LogP contribution in [0.5, 0.6) is 5.75 Å². The van der Waals surface area contributed by atoms with Gasteiger partial charge in [-0.2, -0.15) is 0 Å². The van der Waals surface area contributed by atoms with Gasteiger partial charge in [-0.05, 0) is 18.2 Å². The Labute approximate surface area is 122 Å². The number of ether oxygens (including phenoxy) is 1. The molecule has 0 aliphatic carbocycles. The van der Waals surface area contributed by atoms with Crippen LogP contribution in [0.2, 0.25) is 0 Å². The van der Waals surface area contributed by atoms with Crippen LogP contribution in [0.25, 0.3) is 0 Å². The van der Waals surface area contributed by atoms with E-state index in [0.717, 1.165) is 18.2 Å². The molecule has 1 aromatic carbocycles. The largest absolute Gasteiger partial charge is 0.490 e. The molecule has 2 aromatic rings. The van der Waals surface area contributed by atoms with Crippen molar-refractivity contribution >= 4 is 23.2 Å². The molecule has 10 heteroatoms. The number of nitro benzene ring substituents is 1. The molecule has 0 unspecified atom stereocenters. The molecule has 1 amide bonds. The van der Waals surface area contributed by atoms with Crippen LogP contribution in [0.15, 0.2) is 34.7 Å². The minimum atomic E-state index is -0.783. The second-order valence-electron chi connectivity index (χ2n) is 3.99. The second kappa shape index (κ2) is 5.91. The molecule has 0 saturated heterocycles. The summed E-state index contributed by atoms with van der Waals surface area (Å²) in [5.41, 5.74) is -0.206. The van der Waals surface area contributed by atoms with Gasteiger partial charge in [0, 0.05) is 11.8 Å². The predicted octanol–water partition coefficient (Wildman–Crippen LogP) is 2.36. The summed E-state index contributed by atoms with van der Waals surface area (Å²) in [4.78, 5) is 31.8. The maximum Gasteiger partial charge on any atom is 0.433 e. The Morgan fingerprint density at radius 3 is 2.45 bits per heavy atom. The van der Waals surface area contributed by atoms with Crippen molar-refractivity contribution in [3.05, 3.63) is 56.3 Å². The van der Waals surface area contributed by atoms with Gasteiger partial charge in [0.1, 0.15) is 4.92 Å². The molecule has 1 heterocycles. The van der Waals surface area contributed by atoms with Gasteiger partial charge in [-0.25, -0.2) is 0 Å². The highest BCUT2D eigenvalue weighted by molar-refractivity contribution is 6.02. The molecule has 0 fully saturated rings. The van der Waals surface area contributed by atoms with Crippen LogP contribution in [0.4, 0.5) is 17.3 Å². The number of nitrogens with zero attached hydrogens (tertiary/aromatic N) is 2. The third kappa shape index (κ3) is 3.00. The highest BCUT2D eigenvalue weighted by Gasteiger charge is 2.19. The highest BCUT2D eigenvalue weighted by Crippen LogP contribution is 2.30. The molecule has 2 rings (SSSR count). The maximum absolute atomic E-state index is 11.9. The van der Waals surface area contributed by atoms with E-state index in [-0.39, 0.29) is 22.9 Å². The number of nitro groups is 2. The van der Waals surface area contributed by atoms with E-state index in [4.69, 9.17) is 9.15 Å². The van der Waals surface area contributed by atoms with Crippen LogP contribution in [-0.2, 0) is 0 Å². The average molecular weight is 307 g/mol. The Bertz CT molecular complexity index is 753. The lowest BCUT2D eigenvalue weighted by molar-refractivity contribution is -0.402. The van der Waals surface area contributed by atoms with Crippen molar-refractivity contribution in [2.24, 2.45) is 0 Å². The number of rotatable bonds is 5. The van der Waals surface area contributed by atoms with E-state index in [1.807, 2.05) is 0 Å². The fourth-order valence-electron chi connectivity index (χ4n) is 1.65. The lowest BCUT2D eigenvalue weighted by atomic mass is 10.2. The Hall–Kier alpha value is -3.43. The first-order valence-corrected chi connectivity index (χ1v) is 5.80. The quantitative estimate of drug-likeness (QED) is 0.660. The molecule has 0 aliphatic heterocycles. The lowest BCUT2D eigenvalue weighted by Gasteiger charge is -2.05. The Morgan fingerprint density at radius 1 is 1.18 bits per heavy atom. The van der Waals surface area contributed by atoms with Gasteiger partial charge in [-0.3, -0.25) is 25.0 Å². The van der Waals surface area contributed by atoms with Gasteiger partial charge in [-0.15, -0.1) is 0 Å². The van der Waals surface area contributed by atoms with Gasteiger partial charge < -0.3 is 14.5 Å². The minimum Gasteiger partial charge on any atom is -0.490 e. The molecule has 10 nitrogen and oxygen atoms in total. The summed E-state index contributed by atoms with van der Waals surface area (Å²) >= 11 is 0. The van der Waals surface area contributed by atoms with E-state index in [0.29, 0.717) is 0 Å². The zero-order valence-corrected chi connectivity index (χ0v) is 11.1. The van der Waals surface area contributed by atoms with E-state index in [1.54, 1.807) is 0 Å². The molecule has 1 aromatic heterocycles. The Balaban J connectivity index is 2.22. The van der Waals surface area contributed by atoms with Crippen LogP contribution in [0, 0.1) is 20.2 Å². The first-order valence-electron chi connectivity index (χ1n) is 5.80. The van der Waals surface area contributed by atoms with Crippen molar-refractivity contribution in [3.63, 3.8) is 0 Å². The van der Waals surface area contributed by atoms with E-state index in [1.165, 1.54) is 19.2 Å². The van der Waals surface area contributed by atoms with Gasteiger partial charge in [-0.1, -0.05) is 0 Å². The molecule has 114 valence electrons. The number of anilines is 1. The summed E-state index contributed by atoms with van der Waals surface area (Å²) in [6.07, 6.45) is 0. The zero-order valence-electron chi connectivity index (χ0n) is 11.1. The number of amides is 1. The van der Waals surface area contributed by atoms with Gasteiger partial charge >= 0.3 is 11.6 Å². The van der Waals surface area contributed by atoms with Crippen molar-refractivity contribution in [2.75, 3.05) is 12.4 Å². The van der Waals surface area contributed by atoms with E-state index >= 15 is 0 Å². The molecule has 0 atom stereocenters. The molecule has 0 spiro atoms. The Morgan fingerprint density at radius 2 is 1.91 bits per heavy atom. The normalized spacial score (nSPS) is 10.0. The average Bonchev–Trinajstić information content (AvgIpc) is 2.97. The smallest absolute Gasteiger partial charge is 0.433 e. The molecular formula is C12H9N3O7. The highest BCUT2D eigenvalue weighted by atomic mass is 16.6. The summed E-state index contributed by atoms with van der Waals surface area (Å²) in [7, 11) is 1.28. The van der Waals surface area contributed by atoms with Gasteiger partial charge in [0.05, 0.1) is 18.1 Å². The Kier molecular flexibility index (Phi) is 4.02. The van der Waals surface area contributed by atoms with Crippen LogP contribution in [0.3, 0.4) is 0 Å². The van der Waals surface area contributed by atoms with Crippen molar-refractivity contribution in [3.8, 4) is 5.75 Å². The van der Waals surface area contributed by atoms with Crippen molar-refractivity contribution in [1.29, 1.82) is 0 Å². The van der Waals surface area contributed by atoms with E-state index < -0.39 is 21.6 Å². The molecule has 0 bridgehead atoms. The van der Waals surface area contributed by atoms with E-state index in [9.17, 15) is 25.0 Å². The van der Waals surface area contributed by atoms with Crippen molar-refractivity contribution in [2.45, 2.75) is 0 Å². The van der Waals surface area contributed by atoms with E-state index in [2.05, 4.69) is 5.32 Å². The number of nitrogens with one attached hydrogen (secondary N) is 1. The van der Waals surface area contributed by atoms with Crippen LogP contribution in [-0.4, -0.2) is 22.9 Å². The van der Waals surface area contributed by atoms with Crippen LogP contribution >= 0.6 is 0 Å². The monoisotopic (exact) mass is 307 g/mol. The van der Waals surface area contributed by atoms with Gasteiger partial charge in [0.2, 0.25) is 0 Å². The molecular weight excluding hydrogens is 298 g/mol. The SMILES string of the molecule is COc1ccc(NC(=O)c2ccc([N+](=O)[O-])o2)cc1[N+](=O)[O-]. The lowest BCUT2D eigenvalue weighted by Crippen LogP contribution is -2.11. The van der Waals surface area contributed by atoms with Crippen LogP contribution in [0.1, 0.15) is 10.6 Å². The molecule has 1 N–H and O–H groups in total. The summed E-state index contributed by atoms with van der Waals surface area (Å²) in [6, 6.07) is 5.98. The number of hydrogen-bond donors (Lipinski definition) is 1. The maximum atomic E-state index is 11.9. The third-order valence-electron chi connectivity index (χ3n) is 2.63. The fourth-order valence-corrected chi connectivity index (χ4v) is 1.65. The van der Waals surface area contributed by atoms with Crippen molar-refractivity contribution < 1.29 is 23.8 Å². The molecule has 22 heavy (non-hydrogen) atoms. The number of carbonyl (C=O) groups is 1. The second-order valence-corrected chi connectivity index (χ2v) is 3.99. The molecule has 0 radical (unpaired) electrons. The fraction of sp³-hybridized carbons (Fsp3) is 0.0833. The molecule has 0 saturated carbocycles.